The highest BCUT2D eigenvalue weighted by Crippen LogP contribution is 2.37. The predicted molar refractivity (Wildman–Crippen MR) is 281 cm³/mol. The van der Waals surface area contributed by atoms with E-state index in [1.807, 2.05) is 115 Å². The van der Waals surface area contributed by atoms with Gasteiger partial charge in [0.1, 0.15) is 23.8 Å². The molecule has 6 N–H and O–H groups in total. The maximum atomic E-state index is 13.7. The molecule has 1 aromatic carbocycles. The Morgan fingerprint density at radius 1 is 0.945 bits per heavy atom. The molecule has 0 radical (unpaired) electrons. The fraction of sp³-hybridized carbons (Fsp3) is 0.621. The molecule has 0 aromatic heterocycles. The maximum absolute atomic E-state index is 13.7. The third kappa shape index (κ3) is 17.0. The molecule has 406 valence electrons. The van der Waals surface area contributed by atoms with Crippen LogP contribution in [-0.2, 0) is 42.9 Å². The van der Waals surface area contributed by atoms with Crippen LogP contribution in [0.1, 0.15) is 113 Å². The summed E-state index contributed by atoms with van der Waals surface area (Å²) < 4.78 is 29.2. The molecule has 0 aliphatic carbocycles. The van der Waals surface area contributed by atoms with Gasteiger partial charge in [-0.05, 0) is 70.1 Å². The van der Waals surface area contributed by atoms with Gasteiger partial charge in [-0.25, -0.2) is 4.79 Å². The summed E-state index contributed by atoms with van der Waals surface area (Å²) in [5.41, 5.74) is 0.999. The van der Waals surface area contributed by atoms with Gasteiger partial charge in [-0.3, -0.25) is 14.4 Å². The number of ketones is 1. The number of hydrogen-bond donors (Lipinski definition) is 6. The van der Waals surface area contributed by atoms with Crippen molar-refractivity contribution in [1.82, 2.24) is 10.6 Å². The monoisotopic (exact) mass is 1020 g/mol. The van der Waals surface area contributed by atoms with Crippen molar-refractivity contribution in [2.75, 3.05) is 20.8 Å². The van der Waals surface area contributed by atoms with Crippen molar-refractivity contribution >= 4 is 23.6 Å². The lowest BCUT2D eigenvalue weighted by Crippen LogP contribution is -2.57. The van der Waals surface area contributed by atoms with Crippen LogP contribution in [0, 0.1) is 35.5 Å². The minimum Gasteiger partial charge on any atom is -0.456 e. The number of methoxy groups -OCH3 is 2. The average molecular weight is 1020 g/mol. The molecule has 15 nitrogen and oxygen atoms in total. The largest absolute Gasteiger partial charge is 0.456 e. The fourth-order valence-electron chi connectivity index (χ4n) is 9.68. The second kappa shape index (κ2) is 28.9. The quantitative estimate of drug-likeness (QED) is 0.0259. The van der Waals surface area contributed by atoms with Crippen LogP contribution < -0.4 is 10.6 Å². The second-order valence-electron chi connectivity index (χ2n) is 20.9. The van der Waals surface area contributed by atoms with Gasteiger partial charge in [0.05, 0.1) is 61.4 Å². The molecule has 3 heterocycles. The summed E-state index contributed by atoms with van der Waals surface area (Å²) in [5, 5.41) is 49.6. The fourth-order valence-corrected chi connectivity index (χ4v) is 9.68. The molecule has 0 unspecified atom stereocenters. The van der Waals surface area contributed by atoms with Gasteiger partial charge in [0.2, 0.25) is 11.8 Å². The number of aliphatic hydroxyl groups is 4. The van der Waals surface area contributed by atoms with Crippen molar-refractivity contribution < 1.29 is 63.3 Å². The van der Waals surface area contributed by atoms with Crippen LogP contribution in [-0.4, -0.2) is 131 Å². The molecule has 17 atom stereocenters. The number of amides is 2. The Balaban J connectivity index is 1.27. The number of carbonyl (C=O) groups is 4. The van der Waals surface area contributed by atoms with Crippen molar-refractivity contribution in [3.63, 3.8) is 0 Å². The number of nitrogens with one attached hydrogen (secondary N) is 2. The van der Waals surface area contributed by atoms with E-state index in [-0.39, 0.29) is 66.5 Å². The van der Waals surface area contributed by atoms with E-state index in [1.54, 1.807) is 46.1 Å². The van der Waals surface area contributed by atoms with E-state index >= 15 is 0 Å². The zero-order valence-electron chi connectivity index (χ0n) is 45.2. The number of cyclic esters (lactones) is 1. The van der Waals surface area contributed by atoms with E-state index in [1.165, 1.54) is 13.2 Å². The second-order valence-corrected chi connectivity index (χ2v) is 20.9. The van der Waals surface area contributed by atoms with E-state index in [2.05, 4.69) is 10.6 Å². The molecule has 2 amide bonds. The summed E-state index contributed by atoms with van der Waals surface area (Å²) >= 11 is 0. The van der Waals surface area contributed by atoms with E-state index in [9.17, 15) is 39.6 Å². The molecule has 4 rings (SSSR count). The summed E-state index contributed by atoms with van der Waals surface area (Å²) in [6, 6.07) is 7.54. The normalized spacial score (nSPS) is 31.5. The molecule has 73 heavy (non-hydrogen) atoms. The highest BCUT2D eigenvalue weighted by Gasteiger charge is 2.46. The first-order valence-corrected chi connectivity index (χ1v) is 26.1. The standard InChI is InChI=1S/C58H86N2O13/c1-13-45-48(72-47(37(6)52(45)63)26-19-15-18-25-44(69-11)31-43(61)29-27-35(4)21-20-24-42-33-71-40(9)58(10,68)54(42)64)30-28-36(5)46(62)32-49(70-12)38(7)55(65)59-50(34(2)3)56(66)60-51-39(8)53(73-57(51)67)41-22-16-14-17-23-41/h14-24,26-29,34,37-40,42,44-54,62-64,68H,13,25,30-33H2,1-12H3,(H,59,65)(H,60,66)/b18-15+,24-20+,26-19+,29-27+,35-21+,36-28+/t37-,38-,39+,40+,42+,44-,45+,46-,47-,48+,49+,50+,51+,52+,53-,54+,58-/m1/s1. The summed E-state index contributed by atoms with van der Waals surface area (Å²) in [4.78, 5) is 53.0. The Morgan fingerprint density at radius 3 is 2.29 bits per heavy atom. The topological polar surface area (TPSA) is 219 Å². The van der Waals surface area contributed by atoms with Gasteiger partial charge in [0.25, 0.3) is 0 Å². The van der Waals surface area contributed by atoms with Crippen LogP contribution in [0.3, 0.4) is 0 Å². The van der Waals surface area contributed by atoms with Crippen molar-refractivity contribution in [2.24, 2.45) is 35.5 Å². The number of rotatable bonds is 25. The SMILES string of the molecule is CC[C@@H]1[C@@H](O)[C@H](C)[C@@H](/C=C/C=C/C[C@H](CC(=O)/C=C/C(C)=C/C=C/[C@H]2CO[C@@H](C)[C@@](C)(O)[C@H]2O)OC)O[C@H]1C/C=C(\C)[C@H](O)C[C@H](OC)[C@@H](C)C(=O)N[C@H](C(=O)N[C@@H]1C(=O)O[C@@H](c2ccccc2)[C@H]1C)C(C)C. The Kier molecular flexibility index (Phi) is 24.2. The Morgan fingerprint density at radius 2 is 1.64 bits per heavy atom. The van der Waals surface area contributed by atoms with Gasteiger partial charge >= 0.3 is 5.97 Å². The molecule has 0 saturated carbocycles. The minimum absolute atomic E-state index is 0.0848. The number of aliphatic hydroxyl groups excluding tert-OH is 3. The molecule has 3 fully saturated rings. The van der Waals surface area contributed by atoms with E-state index in [4.69, 9.17) is 23.7 Å². The number of esters is 1. The molecule has 3 aliphatic rings. The minimum atomic E-state index is -1.35. The summed E-state index contributed by atoms with van der Waals surface area (Å²) in [6.07, 6.45) is 14.9. The van der Waals surface area contributed by atoms with Crippen LogP contribution in [0.15, 0.2) is 102 Å². The van der Waals surface area contributed by atoms with Gasteiger partial charge in [-0.1, -0.05) is 132 Å². The van der Waals surface area contributed by atoms with Gasteiger partial charge in [-0.2, -0.15) is 0 Å². The molecular weight excluding hydrogens is 933 g/mol. The summed E-state index contributed by atoms with van der Waals surface area (Å²) in [5.74, 6) is -3.59. The lowest BCUT2D eigenvalue weighted by atomic mass is 9.79. The van der Waals surface area contributed by atoms with Crippen molar-refractivity contribution in [1.29, 1.82) is 0 Å². The van der Waals surface area contributed by atoms with E-state index < -0.39 is 78.0 Å². The summed E-state index contributed by atoms with van der Waals surface area (Å²) in [6.45, 7) is 18.4. The Bertz CT molecular complexity index is 2130. The van der Waals surface area contributed by atoms with Crippen LogP contribution in [0.2, 0.25) is 0 Å². The molecule has 0 spiro atoms. The van der Waals surface area contributed by atoms with Crippen molar-refractivity contribution in [2.45, 2.75) is 174 Å². The molecule has 3 saturated heterocycles. The number of benzene rings is 1. The number of allylic oxidation sites excluding steroid dienone is 7. The van der Waals surface area contributed by atoms with E-state index in [0.717, 1.165) is 11.1 Å². The van der Waals surface area contributed by atoms with Crippen LogP contribution >= 0.6 is 0 Å². The first-order chi connectivity index (χ1) is 34.5. The van der Waals surface area contributed by atoms with Gasteiger partial charge < -0.3 is 54.7 Å². The lowest BCUT2D eigenvalue weighted by molar-refractivity contribution is -0.203. The number of ether oxygens (including phenoxy) is 5. The van der Waals surface area contributed by atoms with Crippen LogP contribution in [0.5, 0.6) is 0 Å². The average Bonchev–Trinajstić information content (AvgIpc) is 3.64. The van der Waals surface area contributed by atoms with Crippen molar-refractivity contribution in [3.05, 3.63) is 108 Å². The van der Waals surface area contributed by atoms with Crippen molar-refractivity contribution in [3.8, 4) is 0 Å². The van der Waals surface area contributed by atoms with Crippen LogP contribution in [0.4, 0.5) is 0 Å². The highest BCUT2D eigenvalue weighted by molar-refractivity contribution is 5.92. The Labute approximate surface area is 434 Å². The van der Waals surface area contributed by atoms with Gasteiger partial charge in [0.15, 0.2) is 5.78 Å². The molecule has 1 aromatic rings. The lowest BCUT2D eigenvalue weighted by Gasteiger charge is -2.43. The zero-order valence-corrected chi connectivity index (χ0v) is 45.2. The summed E-state index contributed by atoms with van der Waals surface area (Å²) in [7, 11) is 3.05. The maximum Gasteiger partial charge on any atom is 0.329 e. The third-order valence-corrected chi connectivity index (χ3v) is 15.2. The molecule has 3 aliphatic heterocycles. The predicted octanol–water partition coefficient (Wildman–Crippen LogP) is 6.76. The third-order valence-electron chi connectivity index (χ3n) is 15.2. The number of hydrogen-bond acceptors (Lipinski definition) is 13. The van der Waals surface area contributed by atoms with Gasteiger partial charge in [-0.15, -0.1) is 0 Å². The van der Waals surface area contributed by atoms with E-state index in [0.29, 0.717) is 31.4 Å². The zero-order chi connectivity index (χ0) is 54.2. The molecule has 15 heteroatoms. The number of carbonyl (C=O) groups excluding carboxylic acids is 4. The smallest absolute Gasteiger partial charge is 0.329 e. The molecule has 0 bridgehead atoms. The highest BCUT2D eigenvalue weighted by atomic mass is 16.6. The molecular formula is C58H86N2O13. The Hall–Kier alpha value is -4.58. The van der Waals surface area contributed by atoms with Crippen LogP contribution in [0.25, 0.3) is 0 Å². The first-order valence-electron chi connectivity index (χ1n) is 26.1. The first kappa shape index (κ1) is 61.0. The van der Waals surface area contributed by atoms with Gasteiger partial charge in [0, 0.05) is 50.7 Å².